The first kappa shape index (κ1) is 15.1. The van der Waals surface area contributed by atoms with Crippen molar-refractivity contribution in [3.8, 4) is 5.88 Å². The predicted octanol–water partition coefficient (Wildman–Crippen LogP) is 3.11. The third-order valence-electron chi connectivity index (χ3n) is 2.99. The highest BCUT2D eigenvalue weighted by Crippen LogP contribution is 2.36. The lowest BCUT2D eigenvalue weighted by Gasteiger charge is -2.23. The molecular formula is C12H13F3N2O2S. The molecule has 0 radical (unpaired) electrons. The second-order valence-electron chi connectivity index (χ2n) is 4.43. The summed E-state index contributed by atoms with van der Waals surface area (Å²) < 4.78 is 44.0. The highest BCUT2D eigenvalue weighted by atomic mass is 32.2. The number of hydrogen-bond acceptors (Lipinski definition) is 5. The summed E-state index contributed by atoms with van der Waals surface area (Å²) >= 11 is 1.14. The Kier molecular flexibility index (Phi) is 4.52. The average Bonchev–Trinajstić information content (AvgIpc) is 2.40. The molecule has 1 aromatic rings. The molecule has 0 spiro atoms. The smallest absolute Gasteiger partial charge is 0.423 e. The van der Waals surface area contributed by atoms with Crippen LogP contribution in [0.15, 0.2) is 11.4 Å². The van der Waals surface area contributed by atoms with E-state index in [0.29, 0.717) is 25.7 Å². The van der Waals surface area contributed by atoms with Crippen molar-refractivity contribution in [3.05, 3.63) is 11.8 Å². The summed E-state index contributed by atoms with van der Waals surface area (Å²) in [6.07, 6.45) is -1.02. The summed E-state index contributed by atoms with van der Waals surface area (Å²) in [5, 5.41) is 0.222. The number of rotatable bonds is 3. The quantitative estimate of drug-likeness (QED) is 0.634. The van der Waals surface area contributed by atoms with Gasteiger partial charge in [0.25, 0.3) is 0 Å². The lowest BCUT2D eigenvalue weighted by Crippen LogP contribution is -2.25. The molecule has 0 N–H and O–H groups in total. The molecule has 0 unspecified atom stereocenters. The predicted molar refractivity (Wildman–Crippen MR) is 66.7 cm³/mol. The number of aromatic nitrogens is 2. The van der Waals surface area contributed by atoms with E-state index in [2.05, 4.69) is 9.97 Å². The van der Waals surface area contributed by atoms with Crippen molar-refractivity contribution in [1.82, 2.24) is 9.97 Å². The Hall–Kier alpha value is -1.31. The van der Waals surface area contributed by atoms with Crippen molar-refractivity contribution >= 4 is 17.5 Å². The van der Waals surface area contributed by atoms with E-state index in [0.717, 1.165) is 18.0 Å². The number of Topliss-reactive ketones (excluding diaryl/α,β-unsaturated/α-hetero) is 1. The van der Waals surface area contributed by atoms with Gasteiger partial charge in [-0.1, -0.05) is 11.8 Å². The zero-order valence-electron chi connectivity index (χ0n) is 10.7. The van der Waals surface area contributed by atoms with E-state index in [1.165, 1.54) is 0 Å². The molecule has 2 rings (SSSR count). The van der Waals surface area contributed by atoms with Gasteiger partial charge in [0.15, 0.2) is 5.16 Å². The monoisotopic (exact) mass is 306 g/mol. The molecule has 4 nitrogen and oxygen atoms in total. The van der Waals surface area contributed by atoms with Gasteiger partial charge >= 0.3 is 6.18 Å². The largest absolute Gasteiger partial charge is 0.474 e. The molecule has 1 aliphatic rings. The van der Waals surface area contributed by atoms with E-state index < -0.39 is 23.7 Å². The van der Waals surface area contributed by atoms with Crippen LogP contribution in [0.1, 0.15) is 31.2 Å². The number of ketones is 1. The maximum absolute atomic E-state index is 12.9. The summed E-state index contributed by atoms with van der Waals surface area (Å²) in [4.78, 5) is 18.5. The van der Waals surface area contributed by atoms with Crippen LogP contribution in [0.5, 0.6) is 5.88 Å². The van der Waals surface area contributed by atoms with Gasteiger partial charge in [-0.3, -0.25) is 4.79 Å². The summed E-state index contributed by atoms with van der Waals surface area (Å²) in [5.41, 5.74) is -0.979. The molecular weight excluding hydrogens is 293 g/mol. The Morgan fingerprint density at radius 2 is 2.00 bits per heavy atom. The zero-order chi connectivity index (χ0) is 14.8. The number of halogens is 3. The molecule has 0 aromatic carbocycles. The van der Waals surface area contributed by atoms with Crippen LogP contribution in [0, 0.1) is 0 Å². The van der Waals surface area contributed by atoms with Crippen LogP contribution in [0.3, 0.4) is 0 Å². The van der Waals surface area contributed by atoms with Crippen molar-refractivity contribution < 1.29 is 22.7 Å². The second-order valence-corrected chi connectivity index (χ2v) is 5.20. The molecule has 1 aromatic heterocycles. The molecule has 1 heterocycles. The summed E-state index contributed by atoms with van der Waals surface area (Å²) in [7, 11) is 0. The number of thioether (sulfide) groups is 1. The van der Waals surface area contributed by atoms with Crippen LogP contribution in [0.2, 0.25) is 0 Å². The Morgan fingerprint density at radius 3 is 2.55 bits per heavy atom. The van der Waals surface area contributed by atoms with E-state index in [4.69, 9.17) is 4.74 Å². The first-order valence-corrected chi connectivity index (χ1v) is 7.29. The van der Waals surface area contributed by atoms with Gasteiger partial charge in [0.1, 0.15) is 17.5 Å². The molecule has 1 fully saturated rings. The van der Waals surface area contributed by atoms with Crippen molar-refractivity contribution in [2.45, 2.75) is 43.1 Å². The van der Waals surface area contributed by atoms with Crippen LogP contribution in [-0.4, -0.2) is 28.1 Å². The van der Waals surface area contributed by atoms with Gasteiger partial charge in [0.05, 0.1) is 0 Å². The molecule has 1 saturated carbocycles. The van der Waals surface area contributed by atoms with E-state index in [1.54, 1.807) is 6.26 Å². The number of ether oxygens (including phenoxy) is 1. The molecule has 0 bridgehead atoms. The molecule has 0 amide bonds. The fourth-order valence-corrected chi connectivity index (χ4v) is 2.25. The van der Waals surface area contributed by atoms with Crippen LogP contribution in [0.25, 0.3) is 0 Å². The van der Waals surface area contributed by atoms with Crippen LogP contribution >= 0.6 is 11.8 Å². The summed E-state index contributed by atoms with van der Waals surface area (Å²) in [6.45, 7) is 0. The molecule has 0 aliphatic heterocycles. The maximum atomic E-state index is 12.9. The average molecular weight is 306 g/mol. The van der Waals surface area contributed by atoms with E-state index in [1.807, 2.05) is 0 Å². The normalized spacial score (nSPS) is 17.3. The summed E-state index contributed by atoms with van der Waals surface area (Å²) in [6, 6.07) is 0. The van der Waals surface area contributed by atoms with Crippen LogP contribution in [-0.2, 0) is 11.0 Å². The topological polar surface area (TPSA) is 52.1 Å². The van der Waals surface area contributed by atoms with E-state index >= 15 is 0 Å². The van der Waals surface area contributed by atoms with E-state index in [-0.39, 0.29) is 10.9 Å². The van der Waals surface area contributed by atoms with Gasteiger partial charge in [0.2, 0.25) is 5.88 Å². The Bertz CT molecular complexity index is 498. The second kappa shape index (κ2) is 5.99. The third-order valence-corrected chi connectivity index (χ3v) is 3.55. The molecule has 110 valence electrons. The van der Waals surface area contributed by atoms with Crippen molar-refractivity contribution in [2.75, 3.05) is 6.26 Å². The van der Waals surface area contributed by atoms with E-state index in [9.17, 15) is 18.0 Å². The number of hydrogen-bond donors (Lipinski definition) is 0. The number of carbonyl (C=O) groups is 1. The Labute approximate surface area is 118 Å². The van der Waals surface area contributed by atoms with Gasteiger partial charge in [0, 0.05) is 19.0 Å². The molecule has 0 saturated heterocycles. The van der Waals surface area contributed by atoms with Crippen molar-refractivity contribution in [1.29, 1.82) is 0 Å². The third kappa shape index (κ3) is 3.62. The number of alkyl halides is 3. The van der Waals surface area contributed by atoms with Gasteiger partial charge in [-0.05, 0) is 19.1 Å². The highest BCUT2D eigenvalue weighted by Gasteiger charge is 2.37. The molecule has 8 heteroatoms. The van der Waals surface area contributed by atoms with Gasteiger partial charge < -0.3 is 4.74 Å². The SMILES string of the molecule is CSc1ncc(C(F)(F)F)c(OC2CCC(=O)CC2)n1. The van der Waals surface area contributed by atoms with Gasteiger partial charge in [-0.25, -0.2) is 4.98 Å². The first-order chi connectivity index (χ1) is 9.40. The van der Waals surface area contributed by atoms with Crippen molar-refractivity contribution in [2.24, 2.45) is 0 Å². The number of carbonyl (C=O) groups excluding carboxylic acids is 1. The lowest BCUT2D eigenvalue weighted by molar-refractivity contribution is -0.140. The van der Waals surface area contributed by atoms with Crippen molar-refractivity contribution in [3.63, 3.8) is 0 Å². The molecule has 0 atom stereocenters. The molecule has 1 aliphatic carbocycles. The standard InChI is InChI=1S/C12H13F3N2O2S/c1-20-11-16-6-9(12(13,14)15)10(17-11)19-8-4-2-7(18)3-5-8/h6,8H,2-5H2,1H3. The Balaban J connectivity index is 2.22. The highest BCUT2D eigenvalue weighted by molar-refractivity contribution is 7.98. The van der Waals surface area contributed by atoms with Gasteiger partial charge in [-0.15, -0.1) is 0 Å². The fourth-order valence-electron chi connectivity index (χ4n) is 1.92. The number of nitrogens with zero attached hydrogens (tertiary/aromatic N) is 2. The van der Waals surface area contributed by atoms with Crippen LogP contribution < -0.4 is 4.74 Å². The molecule has 20 heavy (non-hydrogen) atoms. The lowest BCUT2D eigenvalue weighted by atomic mass is 9.96. The van der Waals surface area contributed by atoms with Gasteiger partial charge in [-0.2, -0.15) is 18.2 Å². The zero-order valence-corrected chi connectivity index (χ0v) is 11.6. The van der Waals surface area contributed by atoms with Crippen LogP contribution in [0.4, 0.5) is 13.2 Å². The fraction of sp³-hybridized carbons (Fsp3) is 0.583. The maximum Gasteiger partial charge on any atom is 0.423 e. The minimum absolute atomic E-state index is 0.119. The minimum Gasteiger partial charge on any atom is -0.474 e. The minimum atomic E-state index is -4.56. The Morgan fingerprint density at radius 1 is 1.35 bits per heavy atom. The summed E-state index contributed by atoms with van der Waals surface area (Å²) in [5.74, 6) is -0.329. The first-order valence-electron chi connectivity index (χ1n) is 6.06.